The van der Waals surface area contributed by atoms with Crippen molar-refractivity contribution in [3.63, 3.8) is 0 Å². The molecule has 0 aliphatic heterocycles. The number of para-hydroxylation sites is 1. The van der Waals surface area contributed by atoms with Crippen molar-refractivity contribution < 1.29 is 23.9 Å². The third-order valence-electron chi connectivity index (χ3n) is 3.39. The predicted molar refractivity (Wildman–Crippen MR) is 97.8 cm³/mol. The van der Waals surface area contributed by atoms with Crippen LogP contribution in [0.4, 0.5) is 5.69 Å². The van der Waals surface area contributed by atoms with E-state index in [0.29, 0.717) is 5.56 Å². The second kappa shape index (κ2) is 9.14. The van der Waals surface area contributed by atoms with Crippen LogP contribution in [-0.2, 0) is 14.3 Å². The molecule has 2 rings (SSSR count). The van der Waals surface area contributed by atoms with Gasteiger partial charge in [0.05, 0.1) is 11.3 Å². The molecule has 2 aromatic carbocycles. The summed E-state index contributed by atoms with van der Waals surface area (Å²) in [5, 5.41) is 2.67. The normalized spacial score (nSPS) is 9.85. The van der Waals surface area contributed by atoms with Crippen LogP contribution in [0.2, 0.25) is 0 Å². The molecule has 3 N–H and O–H groups in total. The monoisotopic (exact) mass is 369 g/mol. The maximum absolute atomic E-state index is 12.4. The predicted octanol–water partition coefficient (Wildman–Crippen LogP) is 1.57. The van der Waals surface area contributed by atoms with Gasteiger partial charge in [0.2, 0.25) is 5.91 Å². The van der Waals surface area contributed by atoms with Crippen molar-refractivity contribution in [3.8, 4) is 0 Å². The number of hydrogen-bond acceptors (Lipinski definition) is 5. The fourth-order valence-electron chi connectivity index (χ4n) is 2.15. The van der Waals surface area contributed by atoms with Gasteiger partial charge >= 0.3 is 5.97 Å². The molecule has 0 radical (unpaired) electrons. The van der Waals surface area contributed by atoms with E-state index in [2.05, 4.69) is 16.2 Å². The van der Waals surface area contributed by atoms with Crippen LogP contribution in [0.15, 0.2) is 48.5 Å². The number of nitrogens with one attached hydrogen (secondary N) is 3. The van der Waals surface area contributed by atoms with E-state index in [1.807, 2.05) is 13.0 Å². The topological polar surface area (TPSA) is 114 Å². The van der Waals surface area contributed by atoms with Crippen molar-refractivity contribution in [2.75, 3.05) is 11.9 Å². The largest absolute Gasteiger partial charge is 0.452 e. The highest BCUT2D eigenvalue weighted by Gasteiger charge is 2.16. The first-order chi connectivity index (χ1) is 12.9. The molecule has 8 heteroatoms. The molecule has 0 saturated carbocycles. The van der Waals surface area contributed by atoms with Crippen molar-refractivity contribution in [1.82, 2.24) is 10.9 Å². The first kappa shape index (κ1) is 19.6. The number of amides is 3. The lowest BCUT2D eigenvalue weighted by atomic mass is 10.1. The van der Waals surface area contributed by atoms with Gasteiger partial charge in [-0.3, -0.25) is 25.2 Å². The minimum absolute atomic E-state index is 0.103. The Labute approximate surface area is 155 Å². The Morgan fingerprint density at radius 3 is 2.41 bits per heavy atom. The fraction of sp³-hybridized carbons (Fsp3) is 0.158. The zero-order chi connectivity index (χ0) is 19.8. The zero-order valence-electron chi connectivity index (χ0n) is 14.9. The lowest BCUT2D eigenvalue weighted by Gasteiger charge is -2.11. The molecule has 0 aliphatic rings. The van der Waals surface area contributed by atoms with Crippen LogP contribution in [0, 0.1) is 6.92 Å². The van der Waals surface area contributed by atoms with Crippen molar-refractivity contribution in [3.05, 3.63) is 65.2 Å². The van der Waals surface area contributed by atoms with Crippen LogP contribution in [-0.4, -0.2) is 30.3 Å². The summed E-state index contributed by atoms with van der Waals surface area (Å²) in [4.78, 5) is 46.8. The minimum atomic E-state index is -0.784. The second-order valence-electron chi connectivity index (χ2n) is 5.67. The van der Waals surface area contributed by atoms with E-state index in [1.54, 1.807) is 36.4 Å². The highest BCUT2D eigenvalue weighted by molar-refractivity contribution is 6.08. The summed E-state index contributed by atoms with van der Waals surface area (Å²) in [6, 6.07) is 13.3. The van der Waals surface area contributed by atoms with E-state index >= 15 is 0 Å². The van der Waals surface area contributed by atoms with Crippen LogP contribution >= 0.6 is 0 Å². The Morgan fingerprint density at radius 2 is 1.70 bits per heavy atom. The van der Waals surface area contributed by atoms with E-state index in [0.717, 1.165) is 5.56 Å². The lowest BCUT2D eigenvalue weighted by molar-refractivity contribution is -0.129. The molecule has 0 heterocycles. The van der Waals surface area contributed by atoms with Gasteiger partial charge in [-0.2, -0.15) is 0 Å². The summed E-state index contributed by atoms with van der Waals surface area (Å²) in [6.07, 6.45) is 0. The van der Waals surface area contributed by atoms with Crippen molar-refractivity contribution >= 4 is 29.4 Å². The van der Waals surface area contributed by atoms with Crippen LogP contribution in [0.5, 0.6) is 0 Å². The second-order valence-corrected chi connectivity index (χ2v) is 5.67. The Morgan fingerprint density at radius 1 is 0.963 bits per heavy atom. The number of hydrogen-bond donors (Lipinski definition) is 3. The van der Waals surface area contributed by atoms with Gasteiger partial charge in [-0.1, -0.05) is 29.8 Å². The molecule has 0 unspecified atom stereocenters. The van der Waals surface area contributed by atoms with E-state index in [1.165, 1.54) is 13.0 Å². The standard InChI is InChI=1S/C19H19N3O5/c1-12-6-5-7-14(10-12)18(25)20-16-9-4-3-8-15(16)19(26)27-11-17(24)22-21-13(2)23/h3-10H,11H2,1-2H3,(H,20,25)(H,21,23)(H,22,24). The Kier molecular flexibility index (Phi) is 6.65. The number of anilines is 1. The molecule has 8 nitrogen and oxygen atoms in total. The molecular formula is C19H19N3O5. The number of esters is 1. The van der Waals surface area contributed by atoms with E-state index < -0.39 is 24.4 Å². The van der Waals surface area contributed by atoms with Gasteiger partial charge in [0.25, 0.3) is 11.8 Å². The zero-order valence-corrected chi connectivity index (χ0v) is 14.9. The van der Waals surface area contributed by atoms with E-state index in [4.69, 9.17) is 4.74 Å². The minimum Gasteiger partial charge on any atom is -0.452 e. The van der Waals surface area contributed by atoms with Gasteiger partial charge in [0.1, 0.15) is 0 Å². The van der Waals surface area contributed by atoms with Crippen LogP contribution in [0.3, 0.4) is 0 Å². The van der Waals surface area contributed by atoms with Gasteiger partial charge in [-0.05, 0) is 31.2 Å². The molecule has 2 aromatic rings. The number of carbonyl (C=O) groups is 4. The highest BCUT2D eigenvalue weighted by atomic mass is 16.5. The summed E-state index contributed by atoms with van der Waals surface area (Å²) in [7, 11) is 0. The van der Waals surface area contributed by atoms with Crippen molar-refractivity contribution in [2.45, 2.75) is 13.8 Å². The molecular weight excluding hydrogens is 350 g/mol. The summed E-state index contributed by atoms with van der Waals surface area (Å²) in [5.74, 6) is -2.31. The van der Waals surface area contributed by atoms with Crippen LogP contribution in [0.1, 0.15) is 33.2 Å². The van der Waals surface area contributed by atoms with E-state index in [9.17, 15) is 19.2 Å². The highest BCUT2D eigenvalue weighted by Crippen LogP contribution is 2.17. The molecule has 0 fully saturated rings. The van der Waals surface area contributed by atoms with Crippen LogP contribution < -0.4 is 16.2 Å². The van der Waals surface area contributed by atoms with Crippen molar-refractivity contribution in [1.29, 1.82) is 0 Å². The number of ether oxygens (including phenoxy) is 1. The quantitative estimate of drug-likeness (QED) is 0.547. The third-order valence-corrected chi connectivity index (χ3v) is 3.39. The molecule has 0 atom stereocenters. The van der Waals surface area contributed by atoms with Gasteiger partial charge in [-0.15, -0.1) is 0 Å². The summed E-state index contributed by atoms with van der Waals surface area (Å²) in [5.41, 5.74) is 5.91. The van der Waals surface area contributed by atoms with Gasteiger partial charge < -0.3 is 10.1 Å². The smallest absolute Gasteiger partial charge is 0.340 e. The Bertz CT molecular complexity index is 879. The molecule has 27 heavy (non-hydrogen) atoms. The average molecular weight is 369 g/mol. The number of benzene rings is 2. The molecule has 0 saturated heterocycles. The summed E-state index contributed by atoms with van der Waals surface area (Å²) < 4.78 is 4.92. The van der Waals surface area contributed by atoms with Gasteiger partial charge in [-0.25, -0.2) is 4.79 Å². The molecule has 0 aromatic heterocycles. The average Bonchev–Trinajstić information content (AvgIpc) is 2.64. The molecule has 140 valence electrons. The molecule has 3 amide bonds. The van der Waals surface area contributed by atoms with Gasteiger partial charge in [0.15, 0.2) is 6.61 Å². The third kappa shape index (κ3) is 5.96. The first-order valence-electron chi connectivity index (χ1n) is 8.06. The maximum atomic E-state index is 12.4. The lowest BCUT2D eigenvalue weighted by Crippen LogP contribution is -2.42. The number of rotatable bonds is 5. The molecule has 0 bridgehead atoms. The first-order valence-corrected chi connectivity index (χ1v) is 8.06. The van der Waals surface area contributed by atoms with Gasteiger partial charge in [0, 0.05) is 12.5 Å². The van der Waals surface area contributed by atoms with Crippen LogP contribution in [0.25, 0.3) is 0 Å². The van der Waals surface area contributed by atoms with E-state index in [-0.39, 0.29) is 17.2 Å². The fourth-order valence-corrected chi connectivity index (χ4v) is 2.15. The molecule has 0 aliphatic carbocycles. The number of hydrazine groups is 1. The Hall–Kier alpha value is -3.68. The Balaban J connectivity index is 2.04. The number of aryl methyl sites for hydroxylation is 1. The summed E-state index contributed by atoms with van der Waals surface area (Å²) >= 11 is 0. The number of carbonyl (C=O) groups excluding carboxylic acids is 4. The SMILES string of the molecule is CC(=O)NNC(=O)COC(=O)c1ccccc1NC(=O)c1cccc(C)c1. The summed E-state index contributed by atoms with van der Waals surface area (Å²) in [6.45, 7) is 2.51. The molecule has 0 spiro atoms. The van der Waals surface area contributed by atoms with Crippen molar-refractivity contribution in [2.24, 2.45) is 0 Å². The maximum Gasteiger partial charge on any atom is 0.340 e.